The average molecular weight is 126 g/mol. The normalized spacial score (nSPS) is 11.6. The second-order valence-electron chi connectivity index (χ2n) is 2.00. The number of rotatable bonds is 3. The lowest BCUT2D eigenvalue weighted by Gasteiger charge is -1.94. The van der Waals surface area contributed by atoms with Gasteiger partial charge in [0.15, 0.2) is 0 Å². The van der Waals surface area contributed by atoms with Gasteiger partial charge in [-0.2, -0.15) is 0 Å². The van der Waals surface area contributed by atoms with Crippen LogP contribution in [0.4, 0.5) is 0 Å². The number of allylic oxidation sites excluding steroid dienone is 3. The number of hydrogen-bond acceptors (Lipinski definition) is 1. The highest BCUT2D eigenvalue weighted by molar-refractivity contribution is 5.15. The lowest BCUT2D eigenvalue weighted by Crippen LogP contribution is -1.78. The fourth-order valence-electron chi connectivity index (χ4n) is 0.440. The highest BCUT2D eigenvalue weighted by Gasteiger charge is 1.87. The van der Waals surface area contributed by atoms with E-state index in [1.807, 2.05) is 13.8 Å². The summed E-state index contributed by atoms with van der Waals surface area (Å²) in [6.07, 6.45) is 3.32. The molecule has 0 aromatic carbocycles. The third-order valence-corrected chi connectivity index (χ3v) is 1.19. The predicted molar refractivity (Wildman–Crippen MR) is 40.4 cm³/mol. The summed E-state index contributed by atoms with van der Waals surface area (Å²) in [6, 6.07) is 0. The molecule has 1 nitrogen and oxygen atoms in total. The molecule has 0 unspecified atom stereocenters. The van der Waals surface area contributed by atoms with Crippen LogP contribution in [0.1, 0.15) is 26.7 Å². The molecule has 0 fully saturated rings. The van der Waals surface area contributed by atoms with E-state index in [2.05, 4.69) is 6.58 Å². The minimum atomic E-state index is 0.418. The van der Waals surface area contributed by atoms with Crippen molar-refractivity contribution in [2.45, 2.75) is 26.7 Å². The van der Waals surface area contributed by atoms with E-state index in [1.54, 1.807) is 6.08 Å². The van der Waals surface area contributed by atoms with Crippen molar-refractivity contribution in [3.63, 3.8) is 0 Å². The molecule has 0 aromatic heterocycles. The molecule has 52 valence electrons. The zero-order valence-corrected chi connectivity index (χ0v) is 6.15. The lowest BCUT2D eigenvalue weighted by molar-refractivity contribution is 0.394. The summed E-state index contributed by atoms with van der Waals surface area (Å²) in [4.78, 5) is 0. The van der Waals surface area contributed by atoms with E-state index in [9.17, 15) is 0 Å². The topological polar surface area (TPSA) is 20.2 Å². The first-order valence-corrected chi connectivity index (χ1v) is 3.28. The van der Waals surface area contributed by atoms with Gasteiger partial charge in [0.2, 0.25) is 0 Å². The van der Waals surface area contributed by atoms with Crippen LogP contribution in [-0.4, -0.2) is 5.11 Å². The summed E-state index contributed by atoms with van der Waals surface area (Å²) in [6.45, 7) is 7.65. The lowest BCUT2D eigenvalue weighted by atomic mass is 10.2. The van der Waals surface area contributed by atoms with Gasteiger partial charge < -0.3 is 5.11 Å². The van der Waals surface area contributed by atoms with Gasteiger partial charge in [-0.15, -0.1) is 0 Å². The average Bonchev–Trinajstić information content (AvgIpc) is 1.87. The summed E-state index contributed by atoms with van der Waals surface area (Å²) in [5, 5.41) is 8.96. The molecule has 0 radical (unpaired) electrons. The van der Waals surface area contributed by atoms with Crippen molar-refractivity contribution < 1.29 is 5.11 Å². The van der Waals surface area contributed by atoms with Gasteiger partial charge in [0, 0.05) is 6.42 Å². The van der Waals surface area contributed by atoms with E-state index in [0.717, 1.165) is 12.0 Å². The number of aliphatic hydroxyl groups is 1. The van der Waals surface area contributed by atoms with E-state index in [-0.39, 0.29) is 0 Å². The second kappa shape index (κ2) is 4.19. The summed E-state index contributed by atoms with van der Waals surface area (Å²) < 4.78 is 0. The van der Waals surface area contributed by atoms with Crippen molar-refractivity contribution in [2.75, 3.05) is 0 Å². The first-order chi connectivity index (χ1) is 4.20. The summed E-state index contributed by atoms with van der Waals surface area (Å²) in [5.74, 6) is 0.418. The van der Waals surface area contributed by atoms with Crippen molar-refractivity contribution in [3.05, 3.63) is 24.0 Å². The summed E-state index contributed by atoms with van der Waals surface area (Å²) in [7, 11) is 0. The van der Waals surface area contributed by atoms with Crippen LogP contribution in [-0.2, 0) is 0 Å². The van der Waals surface area contributed by atoms with Crippen LogP contribution in [0, 0.1) is 0 Å². The van der Waals surface area contributed by atoms with Crippen molar-refractivity contribution in [1.82, 2.24) is 0 Å². The van der Waals surface area contributed by atoms with Gasteiger partial charge in [-0.3, -0.25) is 0 Å². The van der Waals surface area contributed by atoms with Crippen LogP contribution >= 0.6 is 0 Å². The molecule has 1 heteroatoms. The van der Waals surface area contributed by atoms with Crippen LogP contribution < -0.4 is 0 Å². The Morgan fingerprint density at radius 1 is 1.44 bits per heavy atom. The highest BCUT2D eigenvalue weighted by atomic mass is 16.3. The van der Waals surface area contributed by atoms with E-state index in [0.29, 0.717) is 12.2 Å². The Bertz CT molecular complexity index is 123. The fraction of sp³-hybridized carbons (Fsp3) is 0.500. The minimum absolute atomic E-state index is 0.418. The smallest absolute Gasteiger partial charge is 0.0922 e. The highest BCUT2D eigenvalue weighted by Crippen LogP contribution is 2.03. The molecule has 9 heavy (non-hydrogen) atoms. The van der Waals surface area contributed by atoms with Crippen molar-refractivity contribution in [1.29, 1.82) is 0 Å². The molecule has 0 rings (SSSR count). The largest absolute Gasteiger partial charge is 0.512 e. The van der Waals surface area contributed by atoms with Crippen molar-refractivity contribution in [2.24, 2.45) is 0 Å². The van der Waals surface area contributed by atoms with Crippen LogP contribution in [0.25, 0.3) is 0 Å². The molecule has 0 amide bonds. The molecular formula is C8H14O. The molecule has 0 saturated carbocycles. The van der Waals surface area contributed by atoms with Crippen LogP contribution in [0.5, 0.6) is 0 Å². The molecule has 0 aliphatic heterocycles. The van der Waals surface area contributed by atoms with Crippen molar-refractivity contribution >= 4 is 0 Å². The third-order valence-electron chi connectivity index (χ3n) is 1.19. The van der Waals surface area contributed by atoms with Gasteiger partial charge in [0.25, 0.3) is 0 Å². The SMILES string of the molecule is C=C(/C=C(\O)CC)CC. The molecule has 0 bridgehead atoms. The molecule has 0 aliphatic carbocycles. The number of aliphatic hydroxyl groups excluding tert-OH is 1. The van der Waals surface area contributed by atoms with Gasteiger partial charge in [0.1, 0.15) is 0 Å². The maximum atomic E-state index is 8.96. The van der Waals surface area contributed by atoms with E-state index < -0.39 is 0 Å². The Hall–Kier alpha value is -0.720. The number of hydrogen-bond donors (Lipinski definition) is 1. The first-order valence-electron chi connectivity index (χ1n) is 3.28. The second-order valence-corrected chi connectivity index (χ2v) is 2.00. The van der Waals surface area contributed by atoms with Gasteiger partial charge in [-0.1, -0.05) is 26.0 Å². The van der Waals surface area contributed by atoms with Gasteiger partial charge in [0.05, 0.1) is 5.76 Å². The Kier molecular flexibility index (Phi) is 3.85. The van der Waals surface area contributed by atoms with E-state index in [1.165, 1.54) is 0 Å². The first kappa shape index (κ1) is 8.28. The Morgan fingerprint density at radius 2 is 2.00 bits per heavy atom. The monoisotopic (exact) mass is 126 g/mol. The van der Waals surface area contributed by atoms with Gasteiger partial charge in [-0.05, 0) is 12.5 Å². The molecule has 0 aromatic rings. The maximum absolute atomic E-state index is 8.96. The maximum Gasteiger partial charge on any atom is 0.0922 e. The van der Waals surface area contributed by atoms with Crippen molar-refractivity contribution in [3.8, 4) is 0 Å². The standard InChI is InChI=1S/C8H14O/c1-4-7(3)6-8(9)5-2/h6,9H,3-5H2,1-2H3/b8-6-. The minimum Gasteiger partial charge on any atom is -0.512 e. The molecular weight excluding hydrogens is 112 g/mol. The van der Waals surface area contributed by atoms with E-state index >= 15 is 0 Å². The molecule has 0 heterocycles. The third kappa shape index (κ3) is 3.83. The van der Waals surface area contributed by atoms with Crippen LogP contribution in [0.15, 0.2) is 24.0 Å². The fourth-order valence-corrected chi connectivity index (χ4v) is 0.440. The molecule has 0 aliphatic rings. The van der Waals surface area contributed by atoms with Crippen LogP contribution in [0.3, 0.4) is 0 Å². The molecule has 0 saturated heterocycles. The molecule has 0 atom stereocenters. The summed E-state index contributed by atoms with van der Waals surface area (Å²) in [5.41, 5.74) is 0.981. The van der Waals surface area contributed by atoms with Gasteiger partial charge >= 0.3 is 0 Å². The summed E-state index contributed by atoms with van der Waals surface area (Å²) >= 11 is 0. The Balaban J connectivity index is 3.79. The molecule has 1 N–H and O–H groups in total. The zero-order chi connectivity index (χ0) is 7.28. The predicted octanol–water partition coefficient (Wildman–Crippen LogP) is 2.80. The van der Waals surface area contributed by atoms with Gasteiger partial charge in [-0.25, -0.2) is 0 Å². The zero-order valence-electron chi connectivity index (χ0n) is 6.15. The Morgan fingerprint density at radius 3 is 2.33 bits per heavy atom. The quantitative estimate of drug-likeness (QED) is 0.455. The van der Waals surface area contributed by atoms with Crippen LogP contribution in [0.2, 0.25) is 0 Å². The Labute approximate surface area is 56.7 Å². The van der Waals surface area contributed by atoms with E-state index in [4.69, 9.17) is 5.11 Å². The molecule has 0 spiro atoms.